The molecule has 5 heteroatoms. The highest BCUT2D eigenvalue weighted by molar-refractivity contribution is 6.31. The van der Waals surface area contributed by atoms with Gasteiger partial charge < -0.3 is 14.9 Å². The van der Waals surface area contributed by atoms with Crippen molar-refractivity contribution in [3.05, 3.63) is 63.7 Å². The lowest BCUT2D eigenvalue weighted by atomic mass is 9.77. The van der Waals surface area contributed by atoms with Gasteiger partial charge in [0.15, 0.2) is 0 Å². The molecule has 0 saturated heterocycles. The van der Waals surface area contributed by atoms with Crippen LogP contribution < -0.4 is 4.74 Å². The van der Waals surface area contributed by atoms with E-state index in [1.807, 2.05) is 36.4 Å². The maximum absolute atomic E-state index is 10.3. The normalized spacial score (nSPS) is 20.5. The second-order valence-corrected chi connectivity index (χ2v) is 8.19. The first kappa shape index (κ1) is 21.6. The van der Waals surface area contributed by atoms with Crippen LogP contribution in [0.4, 0.5) is 5.69 Å². The Bertz CT molecular complexity index is 978. The molecule has 4 nitrogen and oxygen atoms in total. The summed E-state index contributed by atoms with van der Waals surface area (Å²) >= 11 is 6.23. The molecule has 3 unspecified atom stereocenters. The fraction of sp³-hybridized carbons (Fsp3) is 0.375. The number of ether oxygens (including phenoxy) is 1. The highest BCUT2D eigenvalue weighted by atomic mass is 35.5. The number of fused-ring (bicyclic) bond motifs is 1. The molecular weight excluding hydrogens is 386 g/mol. The number of benzene rings is 2. The van der Waals surface area contributed by atoms with Crippen molar-refractivity contribution in [1.82, 2.24) is 0 Å². The summed E-state index contributed by atoms with van der Waals surface area (Å²) in [7, 11) is 1.59. The summed E-state index contributed by atoms with van der Waals surface area (Å²) in [4.78, 5) is 4.84. The van der Waals surface area contributed by atoms with E-state index in [9.17, 15) is 10.2 Å². The Hall–Kier alpha value is -2.14. The van der Waals surface area contributed by atoms with E-state index < -0.39 is 12.2 Å². The lowest BCUT2D eigenvalue weighted by molar-refractivity contribution is 0.191. The van der Waals surface area contributed by atoms with Crippen LogP contribution in [0.1, 0.15) is 68.6 Å². The van der Waals surface area contributed by atoms with Crippen LogP contribution in [0.3, 0.4) is 0 Å². The van der Waals surface area contributed by atoms with Crippen molar-refractivity contribution in [1.29, 1.82) is 0 Å². The molecular formula is C24H28ClNO3. The molecule has 154 valence electrons. The third-order valence-electron chi connectivity index (χ3n) is 5.82. The van der Waals surface area contributed by atoms with Crippen molar-refractivity contribution in [3.63, 3.8) is 0 Å². The standard InChI is InChI=1S/C24H28ClNO3/c1-6-24(4)20-13-17(25)7-9-21(20)26-23(24)10-8-18-19(15(3)28)11-16(14(2)27)12-22(18)29-5/h7-15,27-28H,6H2,1-5H3/b10-8+. The monoisotopic (exact) mass is 413 g/mol. The van der Waals surface area contributed by atoms with Crippen molar-refractivity contribution in [2.75, 3.05) is 7.11 Å². The molecule has 1 aliphatic heterocycles. The minimum absolute atomic E-state index is 0.242. The van der Waals surface area contributed by atoms with Gasteiger partial charge in [-0.15, -0.1) is 0 Å². The smallest absolute Gasteiger partial charge is 0.126 e. The molecule has 3 rings (SSSR count). The first-order valence-electron chi connectivity index (χ1n) is 9.86. The van der Waals surface area contributed by atoms with Crippen molar-refractivity contribution in [2.24, 2.45) is 4.99 Å². The number of rotatable bonds is 6. The summed E-state index contributed by atoms with van der Waals surface area (Å²) in [6.07, 6.45) is 3.45. The Labute approximate surface area is 177 Å². The number of hydrogen-bond donors (Lipinski definition) is 2. The van der Waals surface area contributed by atoms with Gasteiger partial charge in [0, 0.05) is 16.0 Å². The number of halogens is 1. The van der Waals surface area contributed by atoms with Gasteiger partial charge in [-0.25, -0.2) is 0 Å². The van der Waals surface area contributed by atoms with Crippen LogP contribution in [0, 0.1) is 0 Å². The molecule has 0 saturated carbocycles. The summed E-state index contributed by atoms with van der Waals surface area (Å²) in [5.41, 5.74) is 4.94. The van der Waals surface area contributed by atoms with E-state index in [-0.39, 0.29) is 5.41 Å². The molecule has 3 atom stereocenters. The van der Waals surface area contributed by atoms with E-state index in [1.165, 1.54) is 0 Å². The average Bonchev–Trinajstić information content (AvgIpc) is 2.97. The molecule has 0 bridgehead atoms. The predicted molar refractivity (Wildman–Crippen MR) is 119 cm³/mol. The molecule has 0 spiro atoms. The van der Waals surface area contributed by atoms with Crippen LogP contribution >= 0.6 is 11.6 Å². The van der Waals surface area contributed by atoms with Gasteiger partial charge in [-0.1, -0.05) is 18.5 Å². The lowest BCUT2D eigenvalue weighted by Crippen LogP contribution is -2.27. The zero-order valence-electron chi connectivity index (χ0n) is 17.5. The van der Waals surface area contributed by atoms with Gasteiger partial charge in [0.1, 0.15) is 5.75 Å². The summed E-state index contributed by atoms with van der Waals surface area (Å²) in [6, 6.07) is 9.42. The molecule has 0 amide bonds. The number of methoxy groups -OCH3 is 1. The van der Waals surface area contributed by atoms with E-state index in [0.717, 1.165) is 28.9 Å². The fourth-order valence-corrected chi connectivity index (χ4v) is 3.97. The van der Waals surface area contributed by atoms with Crippen molar-refractivity contribution in [2.45, 2.75) is 51.7 Å². The van der Waals surface area contributed by atoms with Gasteiger partial charge in [0.05, 0.1) is 30.7 Å². The average molecular weight is 414 g/mol. The van der Waals surface area contributed by atoms with E-state index in [1.54, 1.807) is 27.0 Å². The van der Waals surface area contributed by atoms with E-state index in [4.69, 9.17) is 21.3 Å². The highest BCUT2D eigenvalue weighted by Crippen LogP contribution is 2.44. The third kappa shape index (κ3) is 3.97. The minimum atomic E-state index is -0.707. The van der Waals surface area contributed by atoms with Gasteiger partial charge in [-0.3, -0.25) is 4.99 Å². The summed E-state index contributed by atoms with van der Waals surface area (Å²) < 4.78 is 5.57. The zero-order valence-corrected chi connectivity index (χ0v) is 18.3. The topological polar surface area (TPSA) is 62.0 Å². The molecule has 0 radical (unpaired) electrons. The van der Waals surface area contributed by atoms with Crippen LogP contribution in [0.25, 0.3) is 6.08 Å². The van der Waals surface area contributed by atoms with Crippen LogP contribution in [0.15, 0.2) is 41.4 Å². The Morgan fingerprint density at radius 1 is 1.14 bits per heavy atom. The van der Waals surface area contributed by atoms with E-state index in [2.05, 4.69) is 13.8 Å². The zero-order chi connectivity index (χ0) is 21.3. The number of aliphatic hydroxyl groups excluding tert-OH is 2. The number of allylic oxidation sites excluding steroid dienone is 1. The van der Waals surface area contributed by atoms with Crippen molar-refractivity contribution in [3.8, 4) is 5.75 Å². The molecule has 0 fully saturated rings. The van der Waals surface area contributed by atoms with Gasteiger partial charge in [0.2, 0.25) is 0 Å². The number of aliphatic imine (C=N–C) groups is 1. The Morgan fingerprint density at radius 3 is 2.45 bits per heavy atom. The second-order valence-electron chi connectivity index (χ2n) is 7.76. The first-order valence-corrected chi connectivity index (χ1v) is 10.2. The third-order valence-corrected chi connectivity index (χ3v) is 6.06. The van der Waals surface area contributed by atoms with E-state index >= 15 is 0 Å². The molecule has 0 aromatic heterocycles. The summed E-state index contributed by atoms with van der Waals surface area (Å²) in [5, 5.41) is 21.0. The number of nitrogens with zero attached hydrogens (tertiary/aromatic N) is 1. The Balaban J connectivity index is 2.08. The predicted octanol–water partition coefficient (Wildman–Crippen LogP) is 5.92. The maximum atomic E-state index is 10.3. The summed E-state index contributed by atoms with van der Waals surface area (Å²) in [6.45, 7) is 7.71. The molecule has 1 aliphatic rings. The quantitative estimate of drug-likeness (QED) is 0.617. The molecule has 29 heavy (non-hydrogen) atoms. The van der Waals surface area contributed by atoms with Gasteiger partial charge >= 0.3 is 0 Å². The number of hydrogen-bond acceptors (Lipinski definition) is 4. The Morgan fingerprint density at radius 2 is 1.86 bits per heavy atom. The van der Waals surface area contributed by atoms with Crippen LogP contribution in [-0.2, 0) is 5.41 Å². The minimum Gasteiger partial charge on any atom is -0.496 e. The van der Waals surface area contributed by atoms with Gasteiger partial charge in [0.25, 0.3) is 0 Å². The molecule has 2 N–H and O–H groups in total. The van der Waals surface area contributed by atoms with Crippen LogP contribution in [0.5, 0.6) is 5.75 Å². The molecule has 0 aliphatic carbocycles. The molecule has 2 aromatic rings. The van der Waals surface area contributed by atoms with Gasteiger partial charge in [-0.2, -0.15) is 0 Å². The second kappa shape index (κ2) is 8.31. The maximum Gasteiger partial charge on any atom is 0.126 e. The molecule has 1 heterocycles. The van der Waals surface area contributed by atoms with Gasteiger partial charge in [-0.05, 0) is 86.4 Å². The Kier molecular flexibility index (Phi) is 6.18. The lowest BCUT2D eigenvalue weighted by Gasteiger charge is -2.25. The largest absolute Gasteiger partial charge is 0.496 e. The van der Waals surface area contributed by atoms with Crippen LogP contribution in [0.2, 0.25) is 5.02 Å². The van der Waals surface area contributed by atoms with Crippen molar-refractivity contribution >= 4 is 29.1 Å². The SMILES string of the molecule is CCC1(C)C(/C=C/c2c(OC)cc(C(C)O)cc2C(C)O)=Nc2ccc(Cl)cc21. The molecule has 2 aromatic carbocycles. The van der Waals surface area contributed by atoms with E-state index in [0.29, 0.717) is 21.9 Å². The summed E-state index contributed by atoms with van der Waals surface area (Å²) in [5.74, 6) is 0.605. The fourth-order valence-electron chi connectivity index (χ4n) is 3.80. The highest BCUT2D eigenvalue weighted by Gasteiger charge is 2.36. The number of aliphatic hydroxyl groups is 2. The van der Waals surface area contributed by atoms with Crippen molar-refractivity contribution < 1.29 is 14.9 Å². The first-order chi connectivity index (χ1) is 13.7. The van der Waals surface area contributed by atoms with Crippen LogP contribution in [-0.4, -0.2) is 23.0 Å².